The number of aliphatic hydroxyl groups is 4. The molecule has 230 valence electrons. The van der Waals surface area contributed by atoms with Crippen LogP contribution in [0.3, 0.4) is 0 Å². The van der Waals surface area contributed by atoms with Crippen molar-refractivity contribution in [2.75, 3.05) is 20.7 Å². The van der Waals surface area contributed by atoms with Crippen LogP contribution in [0.15, 0.2) is 0 Å². The van der Waals surface area contributed by atoms with Gasteiger partial charge < -0.3 is 39.9 Å². The van der Waals surface area contributed by atoms with Crippen molar-refractivity contribution >= 4 is 5.97 Å². The second kappa shape index (κ2) is 11.0. The summed E-state index contributed by atoms with van der Waals surface area (Å²) in [5, 5.41) is 53.5. The highest BCUT2D eigenvalue weighted by Crippen LogP contribution is 2.70. The van der Waals surface area contributed by atoms with Gasteiger partial charge in [0.2, 0.25) is 0 Å². The average Bonchev–Trinajstić information content (AvgIpc) is 3.16. The van der Waals surface area contributed by atoms with E-state index in [9.17, 15) is 30.3 Å². The SMILES string of the molecule is C[C@H]1O[C@H](O[C@H]2CC[C@@]3(C)[C@H](CC[C@@H]4[C@@H]3CC[C@]3(C)[C@@H]([C@H](CO)CC(=O)O)CC[C@]43O)C2)[C@@H](O)[C@H](N(C)C)[C@@H]1O. The Hall–Kier alpha value is -0.810. The second-order valence-electron chi connectivity index (χ2n) is 14.7. The highest BCUT2D eigenvalue weighted by atomic mass is 16.7. The maximum absolute atomic E-state index is 12.4. The van der Waals surface area contributed by atoms with Crippen LogP contribution in [0.25, 0.3) is 0 Å². The molecule has 0 unspecified atom stereocenters. The van der Waals surface area contributed by atoms with E-state index in [0.717, 1.165) is 51.4 Å². The number of carboxylic acids is 1. The highest BCUT2D eigenvalue weighted by Gasteiger charge is 2.68. The molecule has 4 saturated carbocycles. The number of aliphatic hydroxyl groups excluding tert-OH is 3. The summed E-state index contributed by atoms with van der Waals surface area (Å²) in [6.45, 7) is 6.25. The van der Waals surface area contributed by atoms with Crippen molar-refractivity contribution in [3.63, 3.8) is 0 Å². The molecule has 40 heavy (non-hydrogen) atoms. The molecule has 0 bridgehead atoms. The summed E-state index contributed by atoms with van der Waals surface area (Å²) in [4.78, 5) is 13.4. The van der Waals surface area contributed by atoms with Crippen LogP contribution in [-0.2, 0) is 14.3 Å². The zero-order valence-corrected chi connectivity index (χ0v) is 25.0. The van der Waals surface area contributed by atoms with E-state index in [1.54, 1.807) is 0 Å². The number of ether oxygens (including phenoxy) is 2. The van der Waals surface area contributed by atoms with Gasteiger partial charge in [-0.3, -0.25) is 4.79 Å². The molecule has 14 atom stereocenters. The Labute approximate surface area is 239 Å². The zero-order valence-electron chi connectivity index (χ0n) is 25.0. The summed E-state index contributed by atoms with van der Waals surface area (Å²) in [7, 11) is 3.70. The van der Waals surface area contributed by atoms with E-state index >= 15 is 0 Å². The topological polar surface area (TPSA) is 140 Å². The van der Waals surface area contributed by atoms with Crippen LogP contribution in [0.5, 0.6) is 0 Å². The van der Waals surface area contributed by atoms with Crippen molar-refractivity contribution in [2.45, 2.75) is 127 Å². The van der Waals surface area contributed by atoms with E-state index in [-0.39, 0.29) is 47.7 Å². The minimum absolute atomic E-state index is 0.0167. The lowest BCUT2D eigenvalue weighted by atomic mass is 9.43. The first-order valence-corrected chi connectivity index (χ1v) is 15.6. The molecule has 0 amide bonds. The van der Waals surface area contributed by atoms with Gasteiger partial charge in [-0.25, -0.2) is 0 Å². The first kappa shape index (κ1) is 30.6. The number of hydrogen-bond acceptors (Lipinski definition) is 8. The molecule has 1 aliphatic heterocycles. The van der Waals surface area contributed by atoms with Crippen molar-refractivity contribution in [1.29, 1.82) is 0 Å². The van der Waals surface area contributed by atoms with Gasteiger partial charge in [0.05, 0.1) is 36.4 Å². The Kier molecular flexibility index (Phi) is 8.45. The molecule has 5 fully saturated rings. The van der Waals surface area contributed by atoms with Crippen LogP contribution < -0.4 is 0 Å². The molecule has 0 spiro atoms. The summed E-state index contributed by atoms with van der Waals surface area (Å²) >= 11 is 0. The molecule has 0 aromatic heterocycles. The van der Waals surface area contributed by atoms with Gasteiger partial charge in [-0.05, 0) is 119 Å². The number of hydrogen-bond donors (Lipinski definition) is 5. The van der Waals surface area contributed by atoms with Crippen LogP contribution in [-0.4, -0.2) is 99.5 Å². The van der Waals surface area contributed by atoms with E-state index in [0.29, 0.717) is 18.3 Å². The molecule has 0 aromatic rings. The van der Waals surface area contributed by atoms with Crippen LogP contribution >= 0.6 is 0 Å². The summed E-state index contributed by atoms with van der Waals surface area (Å²) in [5.74, 6) is -0.133. The lowest BCUT2D eigenvalue weighted by molar-refractivity contribution is -0.300. The van der Waals surface area contributed by atoms with Crippen LogP contribution in [0.2, 0.25) is 0 Å². The Morgan fingerprint density at radius 1 is 1.02 bits per heavy atom. The van der Waals surface area contributed by atoms with Crippen LogP contribution in [0, 0.1) is 40.4 Å². The van der Waals surface area contributed by atoms with Gasteiger partial charge in [0.1, 0.15) is 6.10 Å². The lowest BCUT2D eigenvalue weighted by Gasteiger charge is -2.64. The highest BCUT2D eigenvalue weighted by molar-refractivity contribution is 5.67. The normalized spacial score (nSPS) is 51.5. The maximum atomic E-state index is 12.4. The molecule has 9 heteroatoms. The van der Waals surface area contributed by atoms with Crippen LogP contribution in [0.1, 0.15) is 85.0 Å². The monoisotopic (exact) mass is 567 g/mol. The molecule has 5 rings (SSSR count). The molecule has 1 saturated heterocycles. The number of fused-ring (bicyclic) bond motifs is 5. The molecule has 5 N–H and O–H groups in total. The summed E-state index contributed by atoms with van der Waals surface area (Å²) in [6.07, 6.45) is 5.09. The molecule has 4 aliphatic carbocycles. The first-order valence-electron chi connectivity index (χ1n) is 15.6. The second-order valence-corrected chi connectivity index (χ2v) is 14.7. The number of nitrogens with zero attached hydrogens (tertiary/aromatic N) is 1. The molecular weight excluding hydrogens is 514 g/mol. The minimum Gasteiger partial charge on any atom is -0.481 e. The van der Waals surface area contributed by atoms with E-state index in [1.807, 2.05) is 25.9 Å². The van der Waals surface area contributed by atoms with Crippen molar-refractivity contribution in [3.05, 3.63) is 0 Å². The smallest absolute Gasteiger partial charge is 0.303 e. The fourth-order valence-electron chi connectivity index (χ4n) is 10.6. The molecule has 9 nitrogen and oxygen atoms in total. The van der Waals surface area contributed by atoms with Gasteiger partial charge >= 0.3 is 5.97 Å². The average molecular weight is 568 g/mol. The fraction of sp³-hybridized carbons (Fsp3) is 0.968. The predicted molar refractivity (Wildman–Crippen MR) is 148 cm³/mol. The standard InChI is InChI=1S/C31H53NO8/c1-17-26(36)25(32(4)5)27(37)28(39-17)40-20-8-11-29(2)19(15-20)6-7-23-22(29)9-12-30(3)21(10-13-31(23,30)38)18(16-33)14-24(34)35/h17-23,25-28,33,36-38H,6-16H2,1-5H3,(H,34,35)/t17-,18+,19-,20+,21-,22+,23-,25-,26-,27+,28-,29+,30-,31+/m1/s1. The van der Waals surface area contributed by atoms with Gasteiger partial charge in [0.15, 0.2) is 6.29 Å². The van der Waals surface area contributed by atoms with E-state index in [4.69, 9.17) is 9.47 Å². The van der Waals surface area contributed by atoms with Gasteiger partial charge in [0.25, 0.3) is 0 Å². The third-order valence-electron chi connectivity index (χ3n) is 12.8. The van der Waals surface area contributed by atoms with Crippen molar-refractivity contribution < 1.29 is 39.8 Å². The number of carbonyl (C=O) groups is 1. The van der Waals surface area contributed by atoms with Crippen molar-refractivity contribution in [1.82, 2.24) is 4.90 Å². The first-order chi connectivity index (χ1) is 18.8. The summed E-state index contributed by atoms with van der Waals surface area (Å²) in [5.41, 5.74) is -1.11. The maximum Gasteiger partial charge on any atom is 0.303 e. The molecule has 0 radical (unpaired) electrons. The molecule has 1 heterocycles. The zero-order chi connectivity index (χ0) is 29.2. The third kappa shape index (κ3) is 4.76. The third-order valence-corrected chi connectivity index (χ3v) is 12.8. The van der Waals surface area contributed by atoms with E-state index in [1.165, 1.54) is 0 Å². The summed E-state index contributed by atoms with van der Waals surface area (Å²) in [6, 6.07) is -0.452. The quantitative estimate of drug-likeness (QED) is 0.294. The Morgan fingerprint density at radius 3 is 2.40 bits per heavy atom. The van der Waals surface area contributed by atoms with Crippen molar-refractivity contribution in [3.8, 4) is 0 Å². The summed E-state index contributed by atoms with van der Waals surface area (Å²) < 4.78 is 12.4. The molecular formula is C31H53NO8. The van der Waals surface area contributed by atoms with Crippen molar-refractivity contribution in [2.24, 2.45) is 40.4 Å². The minimum atomic E-state index is -0.935. The number of likely N-dealkylation sites (N-methyl/N-ethyl adjacent to an activating group) is 1. The number of carboxylic acid groups (broad SMARTS) is 1. The fourth-order valence-corrected chi connectivity index (χ4v) is 10.6. The van der Waals surface area contributed by atoms with Gasteiger partial charge in [-0.1, -0.05) is 13.8 Å². The Bertz CT molecular complexity index is 933. The Morgan fingerprint density at radius 2 is 1.75 bits per heavy atom. The van der Waals surface area contributed by atoms with Crippen LogP contribution in [0.4, 0.5) is 0 Å². The Balaban J connectivity index is 1.28. The predicted octanol–water partition coefficient (Wildman–Crippen LogP) is 2.63. The molecule has 0 aromatic carbocycles. The van der Waals surface area contributed by atoms with E-state index in [2.05, 4.69) is 13.8 Å². The largest absolute Gasteiger partial charge is 0.481 e. The van der Waals surface area contributed by atoms with Gasteiger partial charge in [-0.2, -0.15) is 0 Å². The number of aliphatic carboxylic acids is 1. The van der Waals surface area contributed by atoms with Gasteiger partial charge in [-0.15, -0.1) is 0 Å². The lowest BCUT2D eigenvalue weighted by Crippen LogP contribution is -2.64. The van der Waals surface area contributed by atoms with Gasteiger partial charge in [0, 0.05) is 6.61 Å². The van der Waals surface area contributed by atoms with E-state index < -0.39 is 42.2 Å². The molecule has 5 aliphatic rings. The number of rotatable bonds is 7.